The Balaban J connectivity index is 2.04. The van der Waals surface area contributed by atoms with Crippen LogP contribution in [0, 0.1) is 5.82 Å². The van der Waals surface area contributed by atoms with Crippen LogP contribution in [0.25, 0.3) is 11.1 Å². The number of carbonyl (C=O) groups is 2. The summed E-state index contributed by atoms with van der Waals surface area (Å²) >= 11 is 0. The van der Waals surface area contributed by atoms with Crippen molar-refractivity contribution >= 4 is 11.9 Å². The molecule has 0 amide bonds. The maximum absolute atomic E-state index is 14.9. The van der Waals surface area contributed by atoms with E-state index in [1.165, 1.54) is 50.3 Å². The Hall–Kier alpha value is -2.89. The molecule has 0 fully saturated rings. The summed E-state index contributed by atoms with van der Waals surface area (Å²) in [6.07, 6.45) is 12.9. The van der Waals surface area contributed by atoms with Crippen LogP contribution in [0.15, 0.2) is 36.4 Å². The highest BCUT2D eigenvalue weighted by atomic mass is 19.1. The van der Waals surface area contributed by atoms with Gasteiger partial charge in [-0.1, -0.05) is 77.7 Å². The Morgan fingerprint density at radius 2 is 1.46 bits per heavy atom. The number of ether oxygens (including phenoxy) is 2. The van der Waals surface area contributed by atoms with Gasteiger partial charge in [-0.25, -0.2) is 14.0 Å². The lowest BCUT2D eigenvalue weighted by Gasteiger charge is -2.14. The smallest absolute Gasteiger partial charge is 0.341 e. The molecule has 0 heterocycles. The zero-order valence-electron chi connectivity index (χ0n) is 22.7. The van der Waals surface area contributed by atoms with Crippen LogP contribution in [0.4, 0.5) is 4.39 Å². The second-order valence-corrected chi connectivity index (χ2v) is 9.74. The molecule has 0 aliphatic heterocycles. The molecule has 0 aliphatic carbocycles. The molecule has 0 saturated heterocycles. The molecule has 2 aromatic rings. The number of halogens is 1. The maximum atomic E-state index is 14.9. The van der Waals surface area contributed by atoms with Crippen molar-refractivity contribution in [1.82, 2.24) is 0 Å². The summed E-state index contributed by atoms with van der Waals surface area (Å²) in [4.78, 5) is 24.3. The van der Waals surface area contributed by atoms with E-state index in [-0.39, 0.29) is 17.2 Å². The average Bonchev–Trinajstić information content (AvgIpc) is 2.87. The summed E-state index contributed by atoms with van der Waals surface area (Å²) < 4.78 is 26.2. The molecule has 5 nitrogen and oxygen atoms in total. The number of rotatable bonds is 18. The van der Waals surface area contributed by atoms with E-state index in [4.69, 9.17) is 9.47 Å². The zero-order chi connectivity index (χ0) is 27.0. The average molecular weight is 515 g/mol. The lowest BCUT2D eigenvalue weighted by atomic mass is 9.98. The van der Waals surface area contributed by atoms with Gasteiger partial charge in [0.2, 0.25) is 0 Å². The summed E-state index contributed by atoms with van der Waals surface area (Å²) in [6, 6.07) is 8.80. The standard InChI is InChI=1S/C31H43FO5/c1-4-6-8-10-11-12-14-20-36-25-17-19-26(30(33)34)28(22-25)24-16-18-27(29(32)21-24)31(35)37-23(3)15-13-9-7-5-2/h16-19,21-23H,4-15,20H2,1-3H3,(H,33,34). The van der Waals surface area contributed by atoms with Crippen LogP contribution in [0.3, 0.4) is 0 Å². The zero-order valence-corrected chi connectivity index (χ0v) is 22.7. The monoisotopic (exact) mass is 514 g/mol. The molecule has 6 heteroatoms. The number of hydrogen-bond acceptors (Lipinski definition) is 4. The number of carboxylic acids is 1. The minimum Gasteiger partial charge on any atom is -0.494 e. The highest BCUT2D eigenvalue weighted by molar-refractivity contribution is 5.97. The van der Waals surface area contributed by atoms with Crippen LogP contribution in [0.1, 0.15) is 119 Å². The van der Waals surface area contributed by atoms with E-state index < -0.39 is 17.8 Å². The molecular weight excluding hydrogens is 471 g/mol. The molecule has 0 bridgehead atoms. The fourth-order valence-electron chi connectivity index (χ4n) is 4.30. The van der Waals surface area contributed by atoms with Crippen molar-refractivity contribution in [2.24, 2.45) is 0 Å². The Labute approximate surface area is 221 Å². The van der Waals surface area contributed by atoms with E-state index in [2.05, 4.69) is 13.8 Å². The number of carboxylic acid groups (broad SMARTS) is 1. The fourth-order valence-corrected chi connectivity index (χ4v) is 4.30. The molecule has 1 unspecified atom stereocenters. The van der Waals surface area contributed by atoms with Crippen molar-refractivity contribution in [3.8, 4) is 16.9 Å². The van der Waals surface area contributed by atoms with Crippen LogP contribution < -0.4 is 4.74 Å². The second kappa shape index (κ2) is 16.8. The van der Waals surface area contributed by atoms with Crippen molar-refractivity contribution in [2.75, 3.05) is 6.61 Å². The van der Waals surface area contributed by atoms with E-state index in [1.54, 1.807) is 18.2 Å². The lowest BCUT2D eigenvalue weighted by molar-refractivity contribution is 0.0314. The van der Waals surface area contributed by atoms with Crippen molar-refractivity contribution in [2.45, 2.75) is 104 Å². The minimum absolute atomic E-state index is 0.0405. The normalized spacial score (nSPS) is 11.8. The number of unbranched alkanes of at least 4 members (excludes halogenated alkanes) is 9. The van der Waals surface area contributed by atoms with Crippen molar-refractivity contribution in [3.63, 3.8) is 0 Å². The second-order valence-electron chi connectivity index (χ2n) is 9.74. The third kappa shape index (κ3) is 10.6. The Morgan fingerprint density at radius 3 is 2.11 bits per heavy atom. The van der Waals surface area contributed by atoms with Crippen LogP contribution in [0.2, 0.25) is 0 Å². The van der Waals surface area contributed by atoms with Crippen molar-refractivity contribution in [3.05, 3.63) is 53.3 Å². The highest BCUT2D eigenvalue weighted by Gasteiger charge is 2.19. The number of carbonyl (C=O) groups excluding carboxylic acids is 1. The van der Waals surface area contributed by atoms with Crippen molar-refractivity contribution < 1.29 is 28.6 Å². The van der Waals surface area contributed by atoms with Crippen LogP contribution >= 0.6 is 0 Å². The van der Waals surface area contributed by atoms with Gasteiger partial charge in [0.15, 0.2) is 0 Å². The Morgan fingerprint density at radius 1 is 0.838 bits per heavy atom. The van der Waals surface area contributed by atoms with E-state index in [0.717, 1.165) is 44.9 Å². The number of benzene rings is 2. The van der Waals surface area contributed by atoms with E-state index in [0.29, 0.717) is 23.5 Å². The molecular formula is C31H43FO5. The van der Waals surface area contributed by atoms with Gasteiger partial charge in [-0.3, -0.25) is 0 Å². The molecule has 37 heavy (non-hydrogen) atoms. The lowest BCUT2D eigenvalue weighted by Crippen LogP contribution is -2.16. The molecule has 0 spiro atoms. The van der Waals surface area contributed by atoms with Gasteiger partial charge in [0.05, 0.1) is 23.8 Å². The quantitative estimate of drug-likeness (QED) is 0.159. The predicted molar refractivity (Wildman–Crippen MR) is 146 cm³/mol. The van der Waals surface area contributed by atoms with Gasteiger partial charge in [-0.05, 0) is 67.6 Å². The number of hydrogen-bond donors (Lipinski definition) is 1. The first-order chi connectivity index (χ1) is 17.9. The van der Waals surface area contributed by atoms with Gasteiger partial charge in [-0.15, -0.1) is 0 Å². The maximum Gasteiger partial charge on any atom is 0.341 e. The van der Waals surface area contributed by atoms with Gasteiger partial charge in [-0.2, -0.15) is 0 Å². The summed E-state index contributed by atoms with van der Waals surface area (Å²) in [6.45, 7) is 6.69. The van der Waals surface area contributed by atoms with E-state index >= 15 is 0 Å². The summed E-state index contributed by atoms with van der Waals surface area (Å²) in [5.74, 6) is -2.04. The topological polar surface area (TPSA) is 72.8 Å². The van der Waals surface area contributed by atoms with Crippen LogP contribution in [0.5, 0.6) is 5.75 Å². The molecule has 0 aromatic heterocycles. The molecule has 204 valence electrons. The molecule has 0 saturated carbocycles. The molecule has 0 radical (unpaired) electrons. The van der Waals surface area contributed by atoms with Crippen LogP contribution in [-0.4, -0.2) is 29.8 Å². The first-order valence-corrected chi connectivity index (χ1v) is 13.9. The number of esters is 1. The minimum atomic E-state index is -1.12. The number of aromatic carboxylic acids is 1. The Kier molecular flexibility index (Phi) is 13.8. The molecule has 1 atom stereocenters. The predicted octanol–water partition coefficient (Wildman–Crippen LogP) is 8.84. The van der Waals surface area contributed by atoms with Gasteiger partial charge < -0.3 is 14.6 Å². The molecule has 0 aliphatic rings. The van der Waals surface area contributed by atoms with E-state index in [9.17, 15) is 19.1 Å². The van der Waals surface area contributed by atoms with Gasteiger partial charge in [0.1, 0.15) is 11.6 Å². The third-order valence-electron chi connectivity index (χ3n) is 6.51. The van der Waals surface area contributed by atoms with Gasteiger partial charge in [0, 0.05) is 0 Å². The largest absolute Gasteiger partial charge is 0.494 e. The highest BCUT2D eigenvalue weighted by Crippen LogP contribution is 2.30. The first kappa shape index (κ1) is 30.3. The molecule has 2 aromatic carbocycles. The first-order valence-electron chi connectivity index (χ1n) is 13.9. The van der Waals surface area contributed by atoms with Gasteiger partial charge >= 0.3 is 11.9 Å². The van der Waals surface area contributed by atoms with Gasteiger partial charge in [0.25, 0.3) is 0 Å². The SMILES string of the molecule is CCCCCCCCCOc1ccc(C(=O)O)c(-c2ccc(C(=O)OC(C)CCCCCC)c(F)c2)c1. The molecule has 2 rings (SSSR count). The fraction of sp³-hybridized carbons (Fsp3) is 0.548. The summed E-state index contributed by atoms with van der Waals surface area (Å²) in [7, 11) is 0. The molecule has 1 N–H and O–H groups in total. The van der Waals surface area contributed by atoms with E-state index in [1.807, 2.05) is 6.92 Å². The summed E-state index contributed by atoms with van der Waals surface area (Å²) in [5.41, 5.74) is 0.583. The third-order valence-corrected chi connectivity index (χ3v) is 6.51. The van der Waals surface area contributed by atoms with Crippen LogP contribution in [-0.2, 0) is 4.74 Å². The summed E-state index contributed by atoms with van der Waals surface area (Å²) in [5, 5.41) is 9.66. The van der Waals surface area contributed by atoms with Crippen molar-refractivity contribution in [1.29, 1.82) is 0 Å². The Bertz CT molecular complexity index is 988.